The first kappa shape index (κ1) is 29.3. The Morgan fingerprint density at radius 3 is 2.56 bits per heavy atom. The number of ether oxygens (including phenoxy) is 3. The fraction of sp³-hybridized carbons (Fsp3) is 0.481. The van der Waals surface area contributed by atoms with Crippen molar-refractivity contribution in [1.29, 1.82) is 0 Å². The fourth-order valence-corrected chi connectivity index (χ4v) is 6.75. The van der Waals surface area contributed by atoms with E-state index in [1.54, 1.807) is 19.2 Å². The summed E-state index contributed by atoms with van der Waals surface area (Å²) in [4.78, 5) is 23.2. The van der Waals surface area contributed by atoms with Gasteiger partial charge in [0.15, 0.2) is 0 Å². The monoisotopic (exact) mass is 622 g/mol. The number of aromatic amines is 1. The Hall–Kier alpha value is -2.67. The van der Waals surface area contributed by atoms with E-state index < -0.39 is 15.6 Å². The Bertz CT molecular complexity index is 1510. The summed E-state index contributed by atoms with van der Waals surface area (Å²) in [5.41, 5.74) is 0.238. The first-order valence-electron chi connectivity index (χ1n) is 13.0. The Morgan fingerprint density at radius 1 is 1.15 bits per heavy atom. The normalized spacial score (nSPS) is 16.2. The number of hydrogen-bond donors (Lipinski definition) is 1. The SMILES string of the molecule is CCCOc1ccc(S(=O)(=O)N(C)C[C@@H]2CCCN2CC)cc1-c1nc2c(Br)c(OC)cc(OC)c2c(=O)[nH]1. The number of hydrogen-bond acceptors (Lipinski definition) is 8. The molecule has 0 radical (unpaired) electrons. The summed E-state index contributed by atoms with van der Waals surface area (Å²) in [7, 11) is 0.747. The Balaban J connectivity index is 1.83. The quantitative estimate of drug-likeness (QED) is 0.337. The zero-order valence-electron chi connectivity index (χ0n) is 22.9. The number of fused-ring (bicyclic) bond motifs is 1. The molecule has 1 aliphatic rings. The molecular weight excluding hydrogens is 588 g/mol. The summed E-state index contributed by atoms with van der Waals surface area (Å²) in [6.07, 6.45) is 2.78. The lowest BCUT2D eigenvalue weighted by Gasteiger charge is -2.27. The molecule has 0 unspecified atom stereocenters. The summed E-state index contributed by atoms with van der Waals surface area (Å²) in [6.45, 7) is 6.75. The maximum Gasteiger partial charge on any atom is 0.262 e. The minimum Gasteiger partial charge on any atom is -0.496 e. The van der Waals surface area contributed by atoms with Crippen LogP contribution in [0.1, 0.15) is 33.1 Å². The minimum absolute atomic E-state index is 0.0925. The molecule has 0 saturated carbocycles. The van der Waals surface area contributed by atoms with Gasteiger partial charge in [0.1, 0.15) is 28.5 Å². The Labute approximate surface area is 237 Å². The molecule has 1 aliphatic heterocycles. The molecule has 0 spiro atoms. The summed E-state index contributed by atoms with van der Waals surface area (Å²) >= 11 is 3.49. The molecule has 4 rings (SSSR count). The van der Waals surface area contributed by atoms with Crippen LogP contribution in [0.25, 0.3) is 22.3 Å². The number of methoxy groups -OCH3 is 2. The van der Waals surface area contributed by atoms with Crippen molar-refractivity contribution in [3.63, 3.8) is 0 Å². The van der Waals surface area contributed by atoms with Gasteiger partial charge in [0, 0.05) is 25.7 Å². The molecule has 2 aromatic carbocycles. The third-order valence-electron chi connectivity index (χ3n) is 7.04. The number of sulfonamides is 1. The number of nitrogens with one attached hydrogen (secondary N) is 1. The molecule has 1 aromatic heterocycles. The summed E-state index contributed by atoms with van der Waals surface area (Å²) < 4.78 is 46.0. The number of nitrogens with zero attached hydrogens (tertiary/aromatic N) is 3. The number of halogens is 1. The number of aromatic nitrogens is 2. The van der Waals surface area contributed by atoms with Gasteiger partial charge in [-0.3, -0.25) is 9.69 Å². The van der Waals surface area contributed by atoms with Crippen LogP contribution >= 0.6 is 15.9 Å². The average molecular weight is 624 g/mol. The molecule has 12 heteroatoms. The number of rotatable bonds is 11. The highest BCUT2D eigenvalue weighted by molar-refractivity contribution is 9.10. The van der Waals surface area contributed by atoms with E-state index in [9.17, 15) is 13.2 Å². The first-order chi connectivity index (χ1) is 18.7. The van der Waals surface area contributed by atoms with Gasteiger partial charge in [-0.2, -0.15) is 4.31 Å². The van der Waals surface area contributed by atoms with Crippen molar-refractivity contribution in [1.82, 2.24) is 19.2 Å². The van der Waals surface area contributed by atoms with Crippen molar-refractivity contribution in [2.45, 2.75) is 44.0 Å². The lowest BCUT2D eigenvalue weighted by Crippen LogP contribution is -2.41. The van der Waals surface area contributed by atoms with Crippen LogP contribution in [0, 0.1) is 0 Å². The van der Waals surface area contributed by atoms with Crippen molar-refractivity contribution in [2.24, 2.45) is 0 Å². The highest BCUT2D eigenvalue weighted by atomic mass is 79.9. The first-order valence-corrected chi connectivity index (χ1v) is 15.2. The molecule has 212 valence electrons. The Kier molecular flexibility index (Phi) is 9.20. The van der Waals surface area contributed by atoms with Crippen LogP contribution in [0.5, 0.6) is 17.2 Å². The van der Waals surface area contributed by atoms with Gasteiger partial charge in [0.2, 0.25) is 10.0 Å². The van der Waals surface area contributed by atoms with Gasteiger partial charge in [-0.15, -0.1) is 0 Å². The maximum absolute atomic E-state index is 13.7. The lowest BCUT2D eigenvalue weighted by atomic mass is 10.1. The third-order valence-corrected chi connectivity index (χ3v) is 9.63. The third kappa shape index (κ3) is 5.79. The van der Waals surface area contributed by atoms with Crippen molar-refractivity contribution in [3.05, 3.63) is 39.1 Å². The van der Waals surface area contributed by atoms with E-state index >= 15 is 0 Å². The molecule has 0 amide bonds. The number of likely N-dealkylation sites (tertiary alicyclic amines) is 1. The van der Waals surface area contributed by atoms with Gasteiger partial charge >= 0.3 is 0 Å². The average Bonchev–Trinajstić information content (AvgIpc) is 3.39. The van der Waals surface area contributed by atoms with Crippen molar-refractivity contribution >= 4 is 36.9 Å². The second kappa shape index (κ2) is 12.2. The molecule has 1 fully saturated rings. The molecule has 0 aliphatic carbocycles. The van der Waals surface area contributed by atoms with E-state index in [4.69, 9.17) is 19.2 Å². The second-order valence-corrected chi connectivity index (χ2v) is 12.3. The smallest absolute Gasteiger partial charge is 0.262 e. The molecule has 1 atom stereocenters. The topological polar surface area (TPSA) is 114 Å². The number of benzene rings is 2. The highest BCUT2D eigenvalue weighted by Crippen LogP contribution is 2.38. The summed E-state index contributed by atoms with van der Waals surface area (Å²) in [5.74, 6) is 1.33. The largest absolute Gasteiger partial charge is 0.496 e. The zero-order valence-corrected chi connectivity index (χ0v) is 25.3. The van der Waals surface area contributed by atoms with Gasteiger partial charge in [0.25, 0.3) is 5.56 Å². The van der Waals surface area contributed by atoms with Crippen molar-refractivity contribution < 1.29 is 22.6 Å². The van der Waals surface area contributed by atoms with E-state index in [-0.39, 0.29) is 22.1 Å². The van der Waals surface area contributed by atoms with E-state index in [0.717, 1.165) is 32.4 Å². The molecule has 39 heavy (non-hydrogen) atoms. The van der Waals surface area contributed by atoms with E-state index in [0.29, 0.717) is 46.0 Å². The maximum atomic E-state index is 13.7. The van der Waals surface area contributed by atoms with Crippen LogP contribution in [0.3, 0.4) is 0 Å². The lowest BCUT2D eigenvalue weighted by molar-refractivity contribution is 0.237. The Morgan fingerprint density at radius 2 is 1.90 bits per heavy atom. The number of likely N-dealkylation sites (N-methyl/N-ethyl adjacent to an activating group) is 2. The molecule has 1 saturated heterocycles. The highest BCUT2D eigenvalue weighted by Gasteiger charge is 2.30. The molecular formula is C27H35BrN4O6S. The van der Waals surface area contributed by atoms with E-state index in [1.807, 2.05) is 6.92 Å². The molecule has 0 bridgehead atoms. The van der Waals surface area contributed by atoms with Crippen LogP contribution in [0.4, 0.5) is 0 Å². The molecule has 1 N–H and O–H groups in total. The van der Waals surface area contributed by atoms with Crippen molar-refractivity contribution in [2.75, 3.05) is 47.5 Å². The molecule has 2 heterocycles. The van der Waals surface area contributed by atoms with Crippen LogP contribution in [0.15, 0.2) is 38.4 Å². The molecule has 3 aromatic rings. The van der Waals surface area contributed by atoms with E-state index in [2.05, 4.69) is 32.7 Å². The van der Waals surface area contributed by atoms with Crippen LogP contribution in [-0.4, -0.2) is 81.1 Å². The van der Waals surface area contributed by atoms with Crippen LogP contribution in [-0.2, 0) is 10.0 Å². The van der Waals surface area contributed by atoms with Gasteiger partial charge in [0.05, 0.1) is 41.3 Å². The summed E-state index contributed by atoms with van der Waals surface area (Å²) in [6, 6.07) is 6.45. The van der Waals surface area contributed by atoms with Gasteiger partial charge in [-0.1, -0.05) is 13.8 Å². The fourth-order valence-electron chi connectivity index (χ4n) is 4.95. The summed E-state index contributed by atoms with van der Waals surface area (Å²) in [5, 5.41) is 0.241. The minimum atomic E-state index is -3.83. The standard InChI is InChI=1S/C27H35BrN4O6S/c1-6-13-38-20-11-10-18(39(34,35)31(3)16-17-9-8-12-32(17)7-2)14-19(20)26-29-25-23(27(33)30-26)21(36-4)15-22(37-5)24(25)28/h10-11,14-15,17H,6-9,12-13,16H2,1-5H3,(H,29,30,33)/t17-/m0/s1. The van der Waals surface area contributed by atoms with Crippen molar-refractivity contribution in [3.8, 4) is 28.6 Å². The second-order valence-electron chi connectivity index (χ2n) is 9.45. The van der Waals surface area contributed by atoms with Crippen LogP contribution in [0.2, 0.25) is 0 Å². The van der Waals surface area contributed by atoms with Gasteiger partial charge in [-0.25, -0.2) is 13.4 Å². The van der Waals surface area contributed by atoms with Gasteiger partial charge in [-0.05, 0) is 66.5 Å². The predicted molar refractivity (Wildman–Crippen MR) is 154 cm³/mol. The number of H-pyrrole nitrogens is 1. The predicted octanol–water partition coefficient (Wildman–Crippen LogP) is 4.26. The van der Waals surface area contributed by atoms with Crippen LogP contribution < -0.4 is 19.8 Å². The van der Waals surface area contributed by atoms with Gasteiger partial charge < -0.3 is 19.2 Å². The molecule has 10 nitrogen and oxygen atoms in total. The van der Waals surface area contributed by atoms with E-state index in [1.165, 1.54) is 30.7 Å². The zero-order chi connectivity index (χ0) is 28.3.